The summed E-state index contributed by atoms with van der Waals surface area (Å²) >= 11 is 0. The van der Waals surface area contributed by atoms with E-state index >= 15 is 0 Å². The first-order chi connectivity index (χ1) is 10.1. The molecule has 0 unspecified atom stereocenters. The Hall–Kier alpha value is -1.93. The third kappa shape index (κ3) is 4.54. The molecular weight excluding hydrogens is 290 g/mol. The van der Waals surface area contributed by atoms with Crippen molar-refractivity contribution in [2.24, 2.45) is 0 Å². The van der Waals surface area contributed by atoms with Crippen LogP contribution in [0.4, 0.5) is 5.82 Å². The van der Waals surface area contributed by atoms with E-state index in [9.17, 15) is 8.42 Å². The lowest BCUT2D eigenvalue weighted by Crippen LogP contribution is -2.27. The van der Waals surface area contributed by atoms with E-state index < -0.39 is 10.0 Å². The Labute approximate surface area is 124 Å². The fourth-order valence-electron chi connectivity index (χ4n) is 1.71. The number of rotatable bonds is 8. The topological polar surface area (TPSA) is 88.9 Å². The van der Waals surface area contributed by atoms with E-state index in [-0.39, 0.29) is 11.4 Å². The van der Waals surface area contributed by atoms with Crippen LogP contribution in [0.5, 0.6) is 0 Å². The minimum Gasteiger partial charge on any atom is -0.370 e. The standard InChI is InChI=1S/C13H19N5O2S/c1-2-6-14-13-5-4-12(11-15-13)21(19,20)17-8-10-18-9-3-7-16-18/h3-5,7,9,11,17H,2,6,8,10H2,1H3,(H,14,15). The monoisotopic (exact) mass is 309 g/mol. The lowest BCUT2D eigenvalue weighted by atomic mass is 10.4. The van der Waals surface area contributed by atoms with E-state index in [2.05, 4.69) is 27.0 Å². The summed E-state index contributed by atoms with van der Waals surface area (Å²) in [5.41, 5.74) is 0. The van der Waals surface area contributed by atoms with E-state index in [0.717, 1.165) is 13.0 Å². The summed E-state index contributed by atoms with van der Waals surface area (Å²) in [6, 6.07) is 5.00. The number of nitrogens with one attached hydrogen (secondary N) is 2. The number of hydrogen-bond acceptors (Lipinski definition) is 5. The van der Waals surface area contributed by atoms with Crippen LogP contribution in [0.3, 0.4) is 0 Å². The van der Waals surface area contributed by atoms with Crippen molar-refractivity contribution in [1.29, 1.82) is 0 Å². The lowest BCUT2D eigenvalue weighted by Gasteiger charge is -2.08. The number of nitrogens with zero attached hydrogens (tertiary/aromatic N) is 3. The Morgan fingerprint density at radius 1 is 1.29 bits per heavy atom. The number of hydrogen-bond donors (Lipinski definition) is 2. The molecule has 7 nitrogen and oxygen atoms in total. The van der Waals surface area contributed by atoms with Crippen LogP contribution < -0.4 is 10.0 Å². The third-order valence-corrected chi connectivity index (χ3v) is 4.24. The van der Waals surface area contributed by atoms with Crippen molar-refractivity contribution in [3.05, 3.63) is 36.8 Å². The normalized spacial score (nSPS) is 11.5. The van der Waals surface area contributed by atoms with Crippen molar-refractivity contribution < 1.29 is 8.42 Å². The van der Waals surface area contributed by atoms with Gasteiger partial charge in [-0.05, 0) is 24.6 Å². The predicted octanol–water partition coefficient (Wildman–Crippen LogP) is 1.08. The minimum atomic E-state index is -3.53. The van der Waals surface area contributed by atoms with E-state index in [1.54, 1.807) is 35.3 Å². The van der Waals surface area contributed by atoms with Crippen molar-refractivity contribution in [3.8, 4) is 0 Å². The zero-order valence-electron chi connectivity index (χ0n) is 11.9. The summed E-state index contributed by atoms with van der Waals surface area (Å²) in [5.74, 6) is 0.673. The highest BCUT2D eigenvalue weighted by atomic mass is 32.2. The van der Waals surface area contributed by atoms with Crippen molar-refractivity contribution in [1.82, 2.24) is 19.5 Å². The van der Waals surface area contributed by atoms with Gasteiger partial charge in [0, 0.05) is 31.7 Å². The SMILES string of the molecule is CCCNc1ccc(S(=O)(=O)NCCn2cccn2)cn1. The Kier molecular flexibility index (Phi) is 5.29. The number of anilines is 1. The first kappa shape index (κ1) is 15.5. The fraction of sp³-hybridized carbons (Fsp3) is 0.385. The van der Waals surface area contributed by atoms with Crippen molar-refractivity contribution in [3.63, 3.8) is 0 Å². The van der Waals surface area contributed by atoms with Gasteiger partial charge in [0.05, 0.1) is 6.54 Å². The molecule has 0 aliphatic carbocycles. The Balaban J connectivity index is 1.92. The first-order valence-corrected chi connectivity index (χ1v) is 8.27. The van der Waals surface area contributed by atoms with Gasteiger partial charge >= 0.3 is 0 Å². The molecule has 0 bridgehead atoms. The summed E-state index contributed by atoms with van der Waals surface area (Å²) in [7, 11) is -3.53. The number of sulfonamides is 1. The van der Waals surface area contributed by atoms with Crippen molar-refractivity contribution >= 4 is 15.8 Å². The van der Waals surface area contributed by atoms with Gasteiger partial charge in [-0.2, -0.15) is 5.10 Å². The molecule has 2 rings (SSSR count). The molecular formula is C13H19N5O2S. The van der Waals surface area contributed by atoms with Gasteiger partial charge < -0.3 is 5.32 Å². The Morgan fingerprint density at radius 2 is 2.14 bits per heavy atom. The molecule has 0 fully saturated rings. The molecule has 0 atom stereocenters. The van der Waals surface area contributed by atoms with Crippen LogP contribution in [0.2, 0.25) is 0 Å². The van der Waals surface area contributed by atoms with Crippen LogP contribution in [-0.2, 0) is 16.6 Å². The largest absolute Gasteiger partial charge is 0.370 e. The van der Waals surface area contributed by atoms with E-state index in [1.807, 2.05) is 0 Å². The summed E-state index contributed by atoms with van der Waals surface area (Å²) in [4.78, 5) is 4.25. The quantitative estimate of drug-likeness (QED) is 0.761. The molecule has 0 amide bonds. The second-order valence-corrected chi connectivity index (χ2v) is 6.24. The Bertz CT molecular complexity index is 638. The number of pyridine rings is 1. The van der Waals surface area contributed by atoms with Crippen LogP contribution in [0.15, 0.2) is 41.7 Å². The van der Waals surface area contributed by atoms with Crippen LogP contribution in [0, 0.1) is 0 Å². The second-order valence-electron chi connectivity index (χ2n) is 4.47. The number of aromatic nitrogens is 3. The van der Waals surface area contributed by atoms with Gasteiger partial charge in [-0.3, -0.25) is 4.68 Å². The third-order valence-electron chi connectivity index (χ3n) is 2.79. The zero-order valence-corrected chi connectivity index (χ0v) is 12.7. The van der Waals surface area contributed by atoms with E-state index in [4.69, 9.17) is 0 Å². The summed E-state index contributed by atoms with van der Waals surface area (Å²) in [6.45, 7) is 3.62. The fourth-order valence-corrected chi connectivity index (χ4v) is 2.67. The maximum absolute atomic E-state index is 12.1. The molecule has 2 aromatic rings. The zero-order chi connectivity index (χ0) is 15.1. The predicted molar refractivity (Wildman–Crippen MR) is 80.4 cm³/mol. The van der Waals surface area contributed by atoms with Gasteiger partial charge in [0.25, 0.3) is 0 Å². The molecule has 2 heterocycles. The molecule has 21 heavy (non-hydrogen) atoms. The van der Waals surface area contributed by atoms with Crippen LogP contribution >= 0.6 is 0 Å². The summed E-state index contributed by atoms with van der Waals surface area (Å²) < 4.78 is 28.4. The maximum atomic E-state index is 12.1. The molecule has 2 N–H and O–H groups in total. The van der Waals surface area contributed by atoms with E-state index in [0.29, 0.717) is 12.4 Å². The van der Waals surface area contributed by atoms with Gasteiger partial charge in [-0.1, -0.05) is 6.92 Å². The van der Waals surface area contributed by atoms with Gasteiger partial charge in [0.15, 0.2) is 0 Å². The summed E-state index contributed by atoms with van der Waals surface area (Å²) in [6.07, 6.45) is 5.77. The highest BCUT2D eigenvalue weighted by molar-refractivity contribution is 7.89. The highest BCUT2D eigenvalue weighted by Crippen LogP contribution is 2.10. The van der Waals surface area contributed by atoms with Gasteiger partial charge in [-0.15, -0.1) is 0 Å². The molecule has 0 aromatic carbocycles. The molecule has 0 aliphatic heterocycles. The van der Waals surface area contributed by atoms with Crippen LogP contribution in [-0.4, -0.2) is 36.3 Å². The molecule has 0 saturated carbocycles. The molecule has 0 spiro atoms. The average Bonchev–Trinajstić information content (AvgIpc) is 2.98. The lowest BCUT2D eigenvalue weighted by molar-refractivity contribution is 0.560. The van der Waals surface area contributed by atoms with Crippen molar-refractivity contribution in [2.45, 2.75) is 24.8 Å². The van der Waals surface area contributed by atoms with Gasteiger partial charge in [0.1, 0.15) is 10.7 Å². The van der Waals surface area contributed by atoms with Crippen molar-refractivity contribution in [2.75, 3.05) is 18.4 Å². The smallest absolute Gasteiger partial charge is 0.242 e. The molecule has 0 saturated heterocycles. The minimum absolute atomic E-state index is 0.157. The maximum Gasteiger partial charge on any atom is 0.242 e. The molecule has 8 heteroatoms. The second kappa shape index (κ2) is 7.19. The molecule has 2 aromatic heterocycles. The molecule has 0 aliphatic rings. The summed E-state index contributed by atoms with van der Waals surface area (Å²) in [5, 5.41) is 7.11. The molecule has 0 radical (unpaired) electrons. The average molecular weight is 309 g/mol. The highest BCUT2D eigenvalue weighted by Gasteiger charge is 2.13. The van der Waals surface area contributed by atoms with Gasteiger partial charge in [-0.25, -0.2) is 18.1 Å². The molecule has 114 valence electrons. The van der Waals surface area contributed by atoms with E-state index in [1.165, 1.54) is 6.20 Å². The Morgan fingerprint density at radius 3 is 2.76 bits per heavy atom. The first-order valence-electron chi connectivity index (χ1n) is 6.79. The van der Waals surface area contributed by atoms with Gasteiger partial charge in [0.2, 0.25) is 10.0 Å². The van der Waals surface area contributed by atoms with Crippen LogP contribution in [0.25, 0.3) is 0 Å². The van der Waals surface area contributed by atoms with Crippen LogP contribution in [0.1, 0.15) is 13.3 Å².